The first-order chi connectivity index (χ1) is 25.9. The molecular weight excluding hydrogens is 731 g/mol. The van der Waals surface area contributed by atoms with Crippen molar-refractivity contribution in [2.75, 3.05) is 13.1 Å². The maximum Gasteiger partial charge on any atom is 0.252 e. The van der Waals surface area contributed by atoms with Gasteiger partial charge < -0.3 is 10.2 Å². The van der Waals surface area contributed by atoms with Gasteiger partial charge in [0.15, 0.2) is 5.78 Å². The van der Waals surface area contributed by atoms with Crippen molar-refractivity contribution in [3.63, 3.8) is 0 Å². The molecule has 0 aliphatic heterocycles. The topological polar surface area (TPSA) is 94.9 Å². The number of hydrogen-bond acceptors (Lipinski definition) is 7. The van der Waals surface area contributed by atoms with E-state index in [1.165, 1.54) is 11.3 Å². The van der Waals surface area contributed by atoms with Crippen LogP contribution in [0.25, 0.3) is 11.1 Å². The van der Waals surface area contributed by atoms with Crippen LogP contribution in [-0.2, 0) is 16.4 Å². The van der Waals surface area contributed by atoms with Crippen molar-refractivity contribution in [3.05, 3.63) is 124 Å². The summed E-state index contributed by atoms with van der Waals surface area (Å²) in [6.45, 7) is 4.86. The summed E-state index contributed by atoms with van der Waals surface area (Å²) in [5.41, 5.74) is 0.116. The van der Waals surface area contributed by atoms with Gasteiger partial charge in [-0.2, -0.15) is 4.31 Å². The zero-order valence-corrected chi connectivity index (χ0v) is 33.4. The lowest BCUT2D eigenvalue weighted by molar-refractivity contribution is -0.173. The van der Waals surface area contributed by atoms with Gasteiger partial charge in [-0.05, 0) is 103 Å². The molecule has 2 bridgehead atoms. The third-order valence-corrected chi connectivity index (χ3v) is 19.1. The lowest BCUT2D eigenvalue weighted by atomic mass is 9.32. The van der Waals surface area contributed by atoms with Crippen LogP contribution in [0.4, 0.5) is 0 Å². The van der Waals surface area contributed by atoms with Crippen LogP contribution in [0.1, 0.15) is 74.0 Å². The molecule has 0 radical (unpaired) electrons. The number of aliphatic hydroxyl groups is 2. The second-order valence-electron chi connectivity index (χ2n) is 17.2. The van der Waals surface area contributed by atoms with Crippen LogP contribution in [-0.4, -0.2) is 53.5 Å². The Labute approximate surface area is 327 Å². The average molecular weight is 780 g/mol. The summed E-state index contributed by atoms with van der Waals surface area (Å²) in [4.78, 5) is 16.6. The highest BCUT2D eigenvalue weighted by molar-refractivity contribution is 7.91. The molecule has 6 nitrogen and oxygen atoms in total. The van der Waals surface area contributed by atoms with E-state index in [1.807, 2.05) is 72.1 Å². The van der Waals surface area contributed by atoms with Crippen LogP contribution in [0.3, 0.4) is 0 Å². The number of aliphatic hydroxyl groups excluding tert-OH is 1. The number of sulfonamides is 1. The molecule has 282 valence electrons. The molecule has 4 aromatic rings. The van der Waals surface area contributed by atoms with Crippen LogP contribution in [0.15, 0.2) is 118 Å². The Morgan fingerprint density at radius 1 is 0.833 bits per heavy atom. The average Bonchev–Trinajstić information content (AvgIpc) is 3.96. The fraction of sp³-hybridized carbons (Fsp3) is 0.444. The largest absolute Gasteiger partial charge is 0.393 e. The van der Waals surface area contributed by atoms with Crippen molar-refractivity contribution in [2.24, 2.45) is 33.5 Å². The molecule has 2 heterocycles. The number of Topliss-reactive ketones (excluding diaryl/α,β-unsaturated/α-hetero) is 1. The molecule has 6 aliphatic carbocycles. The van der Waals surface area contributed by atoms with Crippen molar-refractivity contribution in [1.29, 1.82) is 0 Å². The summed E-state index contributed by atoms with van der Waals surface area (Å²) in [5, 5.41) is 28.1. The van der Waals surface area contributed by atoms with Crippen molar-refractivity contribution in [3.8, 4) is 11.1 Å². The van der Waals surface area contributed by atoms with E-state index in [-0.39, 0.29) is 36.1 Å². The zero-order valence-electron chi connectivity index (χ0n) is 31.0. The fourth-order valence-electron chi connectivity index (χ4n) is 12.1. The SMILES string of the molecule is C[C@]12CC[C@H]3[C@]4(C=C[C@@]5(C=C4C(=O)c4ccccc4-c4ccccc4)CC(O)CC[C@]35C)[C@@H]1CC[C@@]2(O)CN(CCc1cccs1)S(=O)(=O)c1cccs1. The monoisotopic (exact) mass is 779 g/mol. The van der Waals surface area contributed by atoms with Gasteiger partial charge in [0.05, 0.1) is 11.7 Å². The zero-order chi connectivity index (χ0) is 37.6. The van der Waals surface area contributed by atoms with Gasteiger partial charge in [0.1, 0.15) is 4.21 Å². The molecule has 9 heteroatoms. The van der Waals surface area contributed by atoms with Crippen LogP contribution < -0.4 is 0 Å². The first-order valence-corrected chi connectivity index (χ1v) is 22.7. The molecule has 1 unspecified atom stereocenters. The van der Waals surface area contributed by atoms with E-state index in [0.29, 0.717) is 35.5 Å². The highest BCUT2D eigenvalue weighted by Crippen LogP contribution is 2.78. The predicted molar refractivity (Wildman–Crippen MR) is 216 cm³/mol. The summed E-state index contributed by atoms with van der Waals surface area (Å²) >= 11 is 2.83. The number of nitrogens with zero attached hydrogens (tertiary/aromatic N) is 1. The number of benzene rings is 2. The molecule has 6 aliphatic rings. The number of thiophene rings is 2. The number of hydrogen-bond donors (Lipinski definition) is 2. The second kappa shape index (κ2) is 12.9. The number of rotatable bonds is 10. The molecule has 2 aromatic carbocycles. The Morgan fingerprint density at radius 3 is 2.30 bits per heavy atom. The normalized spacial score (nSPS) is 35.4. The van der Waals surface area contributed by atoms with Gasteiger partial charge in [-0.3, -0.25) is 4.79 Å². The molecule has 0 saturated heterocycles. The highest BCUT2D eigenvalue weighted by Gasteiger charge is 2.74. The van der Waals surface area contributed by atoms with Gasteiger partial charge >= 0.3 is 0 Å². The van der Waals surface area contributed by atoms with E-state index >= 15 is 4.79 Å². The molecule has 2 aromatic heterocycles. The summed E-state index contributed by atoms with van der Waals surface area (Å²) in [7, 11) is -3.87. The Balaban J connectivity index is 1.15. The molecule has 8 atom stereocenters. The van der Waals surface area contributed by atoms with Crippen LogP contribution in [0.2, 0.25) is 0 Å². The Bertz CT molecular complexity index is 2230. The van der Waals surface area contributed by atoms with Gasteiger partial charge in [-0.25, -0.2) is 8.42 Å². The van der Waals surface area contributed by atoms with E-state index in [2.05, 4.69) is 32.1 Å². The fourth-order valence-corrected chi connectivity index (χ4v) is 15.4. The van der Waals surface area contributed by atoms with Gasteiger partial charge in [0, 0.05) is 45.3 Å². The third-order valence-electron chi connectivity index (χ3n) is 14.9. The first kappa shape index (κ1) is 36.5. The molecular formula is C45H49NO5S3. The quantitative estimate of drug-likeness (QED) is 0.124. The minimum atomic E-state index is -3.87. The minimum Gasteiger partial charge on any atom is -0.393 e. The van der Waals surface area contributed by atoms with Crippen molar-refractivity contribution < 1.29 is 23.4 Å². The summed E-state index contributed by atoms with van der Waals surface area (Å²) in [5.74, 6) is 0.0676. The Hall–Kier alpha value is -3.18. The van der Waals surface area contributed by atoms with E-state index in [9.17, 15) is 18.6 Å². The van der Waals surface area contributed by atoms with Crippen LogP contribution in [0, 0.1) is 33.5 Å². The number of carbonyl (C=O) groups is 1. The van der Waals surface area contributed by atoms with E-state index in [1.54, 1.807) is 33.2 Å². The lowest BCUT2D eigenvalue weighted by Crippen LogP contribution is -2.67. The molecule has 10 rings (SSSR count). The van der Waals surface area contributed by atoms with E-state index in [0.717, 1.165) is 47.3 Å². The molecule has 0 amide bonds. The van der Waals surface area contributed by atoms with Crippen molar-refractivity contribution >= 4 is 38.5 Å². The van der Waals surface area contributed by atoms with Gasteiger partial charge in [0.2, 0.25) is 0 Å². The van der Waals surface area contributed by atoms with Crippen molar-refractivity contribution in [1.82, 2.24) is 4.31 Å². The maximum absolute atomic E-state index is 15.5. The molecule has 54 heavy (non-hydrogen) atoms. The summed E-state index contributed by atoms with van der Waals surface area (Å²) in [6.07, 6.45) is 11.9. The molecule has 3 saturated carbocycles. The Morgan fingerprint density at radius 2 is 1.54 bits per heavy atom. The highest BCUT2D eigenvalue weighted by atomic mass is 32.2. The first-order valence-electron chi connectivity index (χ1n) is 19.5. The third kappa shape index (κ3) is 5.18. The Kier molecular flexibility index (Phi) is 8.73. The molecule has 2 spiro atoms. The van der Waals surface area contributed by atoms with Gasteiger partial charge in [0.25, 0.3) is 10.0 Å². The predicted octanol–water partition coefficient (Wildman–Crippen LogP) is 9.18. The number of carbonyl (C=O) groups excluding carboxylic acids is 1. The summed E-state index contributed by atoms with van der Waals surface area (Å²) in [6, 6.07) is 25.4. The van der Waals surface area contributed by atoms with E-state index < -0.39 is 38.0 Å². The maximum atomic E-state index is 15.5. The van der Waals surface area contributed by atoms with E-state index in [4.69, 9.17) is 0 Å². The van der Waals surface area contributed by atoms with Crippen LogP contribution >= 0.6 is 22.7 Å². The van der Waals surface area contributed by atoms with Gasteiger partial charge in [-0.15, -0.1) is 22.7 Å². The van der Waals surface area contributed by atoms with Crippen molar-refractivity contribution in [2.45, 2.75) is 81.1 Å². The van der Waals surface area contributed by atoms with Gasteiger partial charge in [-0.1, -0.05) is 98.8 Å². The number of ketones is 1. The summed E-state index contributed by atoms with van der Waals surface area (Å²) < 4.78 is 30.5. The number of allylic oxidation sites excluding steroid dienone is 4. The number of fused-ring (bicyclic) bond motifs is 1. The lowest BCUT2D eigenvalue weighted by Gasteiger charge is -2.71. The van der Waals surface area contributed by atoms with Crippen LogP contribution in [0.5, 0.6) is 0 Å². The standard InChI is InChI=1S/C45H49NO5S3/c1-41-20-16-32(47)28-43(41)23-24-45(36(29-43)40(48)35-14-7-6-13-34(35)31-10-4-3-5-11-31)37(41)17-21-42(2)38(45)18-22-44(42,49)30-46(25-19-33-12-8-26-52-33)54(50,51)39-15-9-27-53-39/h3-15,23-24,26-27,29,32,37-38,47,49H,16-22,25,28,30H2,1-2H3/t32?,37-,38-,41-,42+,43+,44-,45-/m1/s1. The smallest absolute Gasteiger partial charge is 0.252 e. The second-order valence-corrected chi connectivity index (χ2v) is 21.3. The molecule has 3 fully saturated rings. The molecule has 2 N–H and O–H groups in total. The minimum absolute atomic E-state index is 0.00724.